The molecule has 1 amide bonds. The highest BCUT2D eigenvalue weighted by Gasteiger charge is 2.49. The van der Waals surface area contributed by atoms with Gasteiger partial charge in [0.05, 0.1) is 11.5 Å². The first-order valence-corrected chi connectivity index (χ1v) is 8.55. The van der Waals surface area contributed by atoms with E-state index < -0.39 is 22.8 Å². The molecule has 1 aliphatic heterocycles. The summed E-state index contributed by atoms with van der Waals surface area (Å²) in [6.45, 7) is 5.76. The average Bonchev–Trinajstić information content (AvgIpc) is 3.04. The Morgan fingerprint density at radius 3 is 2.43 bits per heavy atom. The van der Waals surface area contributed by atoms with Gasteiger partial charge in [-0.15, -0.1) is 11.8 Å². The number of Topliss-reactive ketones (excluding diaryl/α,β-unsaturated/α-hetero) is 1. The predicted octanol–water partition coefficient (Wildman–Crippen LogP) is 1.99. The first kappa shape index (κ1) is 16.3. The molecule has 2 rings (SSSR count). The Bertz CT molecular complexity index is 443. The van der Waals surface area contributed by atoms with E-state index in [9.17, 15) is 14.4 Å². The zero-order valence-corrected chi connectivity index (χ0v) is 13.7. The summed E-state index contributed by atoms with van der Waals surface area (Å²) >= 11 is 1.51. The number of esters is 1. The first-order chi connectivity index (χ1) is 9.88. The van der Waals surface area contributed by atoms with Crippen LogP contribution in [-0.4, -0.2) is 45.8 Å². The van der Waals surface area contributed by atoms with Crippen LogP contribution in [0.15, 0.2) is 0 Å². The van der Waals surface area contributed by atoms with Crippen LogP contribution in [0.5, 0.6) is 0 Å². The van der Waals surface area contributed by atoms with Crippen molar-refractivity contribution < 1.29 is 19.1 Å². The van der Waals surface area contributed by atoms with Gasteiger partial charge in [0.1, 0.15) is 6.04 Å². The van der Waals surface area contributed by atoms with Crippen molar-refractivity contribution in [2.45, 2.75) is 57.4 Å². The number of thioether (sulfide) groups is 1. The molecule has 1 heterocycles. The number of rotatable bonds is 4. The van der Waals surface area contributed by atoms with Crippen molar-refractivity contribution in [2.24, 2.45) is 5.92 Å². The maximum absolute atomic E-state index is 12.6. The van der Waals surface area contributed by atoms with Gasteiger partial charge in [0.2, 0.25) is 5.78 Å². The molecular weight excluding hydrogens is 290 g/mol. The highest BCUT2D eigenvalue weighted by Crippen LogP contribution is 2.40. The fourth-order valence-corrected chi connectivity index (χ4v) is 4.28. The highest BCUT2D eigenvalue weighted by atomic mass is 32.2. The van der Waals surface area contributed by atoms with Crippen LogP contribution in [0.25, 0.3) is 0 Å². The lowest BCUT2D eigenvalue weighted by Crippen LogP contribution is -2.53. The number of hydrogen-bond acceptors (Lipinski definition) is 5. The van der Waals surface area contributed by atoms with Crippen LogP contribution in [0.4, 0.5) is 0 Å². The summed E-state index contributed by atoms with van der Waals surface area (Å²) in [5.41, 5.74) is 0. The van der Waals surface area contributed by atoms with Crippen molar-refractivity contribution in [3.8, 4) is 0 Å². The minimum Gasteiger partial charge on any atom is -0.464 e. The van der Waals surface area contributed by atoms with E-state index in [2.05, 4.69) is 0 Å². The molecule has 2 fully saturated rings. The Hall–Kier alpha value is -1.04. The van der Waals surface area contributed by atoms with Crippen LogP contribution >= 0.6 is 11.8 Å². The molecule has 6 heteroatoms. The number of hydrogen-bond donors (Lipinski definition) is 0. The minimum absolute atomic E-state index is 0.165. The van der Waals surface area contributed by atoms with E-state index in [4.69, 9.17) is 4.74 Å². The van der Waals surface area contributed by atoms with E-state index in [1.54, 1.807) is 6.92 Å². The second-order valence-electron chi connectivity index (χ2n) is 6.05. The van der Waals surface area contributed by atoms with E-state index in [0.29, 0.717) is 5.75 Å². The van der Waals surface area contributed by atoms with Gasteiger partial charge < -0.3 is 9.64 Å². The van der Waals surface area contributed by atoms with Gasteiger partial charge in [-0.25, -0.2) is 4.79 Å². The third-order valence-corrected chi connectivity index (χ3v) is 5.59. The predicted molar refractivity (Wildman–Crippen MR) is 80.8 cm³/mol. The number of carbonyl (C=O) groups excluding carboxylic acids is 3. The SMILES string of the molecule is CCOC(=O)[C@@H]1CSC(C)(C)N1C(=O)C(=O)C1CCCC1. The Morgan fingerprint density at radius 2 is 1.86 bits per heavy atom. The summed E-state index contributed by atoms with van der Waals surface area (Å²) in [6.07, 6.45) is 3.58. The van der Waals surface area contributed by atoms with Gasteiger partial charge in [0.25, 0.3) is 5.91 Å². The van der Waals surface area contributed by atoms with E-state index in [1.165, 1.54) is 16.7 Å². The van der Waals surface area contributed by atoms with Crippen LogP contribution < -0.4 is 0 Å². The zero-order chi connectivity index (χ0) is 15.6. The average molecular weight is 313 g/mol. The fourth-order valence-electron chi connectivity index (χ4n) is 3.08. The molecule has 118 valence electrons. The second kappa shape index (κ2) is 6.38. The largest absolute Gasteiger partial charge is 0.464 e. The van der Waals surface area contributed by atoms with Crippen LogP contribution in [0.1, 0.15) is 46.5 Å². The van der Waals surface area contributed by atoms with E-state index >= 15 is 0 Å². The number of amides is 1. The molecule has 21 heavy (non-hydrogen) atoms. The number of ketones is 1. The number of ether oxygens (including phenoxy) is 1. The van der Waals surface area contributed by atoms with Crippen molar-refractivity contribution in [2.75, 3.05) is 12.4 Å². The second-order valence-corrected chi connectivity index (χ2v) is 7.67. The Labute approximate surface area is 129 Å². The monoisotopic (exact) mass is 313 g/mol. The van der Waals surface area contributed by atoms with Crippen molar-refractivity contribution in [3.63, 3.8) is 0 Å². The van der Waals surface area contributed by atoms with E-state index in [-0.39, 0.29) is 18.3 Å². The molecule has 0 N–H and O–H groups in total. The molecule has 5 nitrogen and oxygen atoms in total. The van der Waals surface area contributed by atoms with Crippen molar-refractivity contribution >= 4 is 29.4 Å². The molecular formula is C15H23NO4S. The Morgan fingerprint density at radius 1 is 1.24 bits per heavy atom. The van der Waals surface area contributed by atoms with Gasteiger partial charge in [-0.05, 0) is 33.6 Å². The Kier molecular flexibility index (Phi) is 4.96. The molecule has 0 aromatic carbocycles. The smallest absolute Gasteiger partial charge is 0.329 e. The first-order valence-electron chi connectivity index (χ1n) is 7.56. The summed E-state index contributed by atoms with van der Waals surface area (Å²) in [6, 6.07) is -0.650. The van der Waals surface area contributed by atoms with Crippen molar-refractivity contribution in [3.05, 3.63) is 0 Å². The quantitative estimate of drug-likeness (QED) is 0.586. The maximum atomic E-state index is 12.6. The van der Waals surface area contributed by atoms with Gasteiger partial charge in [0.15, 0.2) is 0 Å². The van der Waals surface area contributed by atoms with Crippen LogP contribution in [0, 0.1) is 5.92 Å². The molecule has 0 radical (unpaired) electrons. The summed E-state index contributed by atoms with van der Waals surface area (Å²) in [7, 11) is 0. The molecule has 1 saturated heterocycles. The topological polar surface area (TPSA) is 63.7 Å². The molecule has 0 spiro atoms. The molecule has 0 aromatic rings. The molecule has 0 bridgehead atoms. The third-order valence-electron chi connectivity index (χ3n) is 4.20. The van der Waals surface area contributed by atoms with Gasteiger partial charge in [0, 0.05) is 11.7 Å². The van der Waals surface area contributed by atoms with Crippen LogP contribution in [0.3, 0.4) is 0 Å². The summed E-state index contributed by atoms with van der Waals surface area (Å²) < 4.78 is 5.05. The summed E-state index contributed by atoms with van der Waals surface area (Å²) in [4.78, 5) is 38.0. The molecule has 1 atom stereocenters. The van der Waals surface area contributed by atoms with E-state index in [1.807, 2.05) is 13.8 Å². The molecule has 1 saturated carbocycles. The van der Waals surface area contributed by atoms with Crippen LogP contribution in [0.2, 0.25) is 0 Å². The molecule has 1 aliphatic carbocycles. The summed E-state index contributed by atoms with van der Waals surface area (Å²) in [5, 5.41) is 0. The maximum Gasteiger partial charge on any atom is 0.329 e. The van der Waals surface area contributed by atoms with Crippen LogP contribution in [-0.2, 0) is 19.1 Å². The van der Waals surface area contributed by atoms with E-state index in [0.717, 1.165) is 25.7 Å². The zero-order valence-electron chi connectivity index (χ0n) is 12.9. The molecule has 0 unspecified atom stereocenters. The van der Waals surface area contributed by atoms with Gasteiger partial charge in [-0.1, -0.05) is 12.8 Å². The van der Waals surface area contributed by atoms with Gasteiger partial charge in [-0.3, -0.25) is 9.59 Å². The van der Waals surface area contributed by atoms with Crippen molar-refractivity contribution in [1.29, 1.82) is 0 Å². The Balaban J connectivity index is 2.17. The fraction of sp³-hybridized carbons (Fsp3) is 0.800. The molecule has 0 aromatic heterocycles. The standard InChI is InChI=1S/C15H23NO4S/c1-4-20-14(19)11-9-21-15(2,3)16(11)13(18)12(17)10-7-5-6-8-10/h10-11H,4-9H2,1-3H3/t11-/m0/s1. The number of nitrogens with zero attached hydrogens (tertiary/aromatic N) is 1. The van der Waals surface area contributed by atoms with Gasteiger partial charge in [-0.2, -0.15) is 0 Å². The number of carbonyl (C=O) groups is 3. The minimum atomic E-state index is -0.650. The summed E-state index contributed by atoms with van der Waals surface area (Å²) in [5.74, 6) is -0.951. The lowest BCUT2D eigenvalue weighted by atomic mass is 10.0. The highest BCUT2D eigenvalue weighted by molar-refractivity contribution is 8.00. The van der Waals surface area contributed by atoms with Gasteiger partial charge >= 0.3 is 5.97 Å². The van der Waals surface area contributed by atoms with Crippen molar-refractivity contribution in [1.82, 2.24) is 4.90 Å². The third kappa shape index (κ3) is 3.25. The molecule has 2 aliphatic rings. The lowest BCUT2D eigenvalue weighted by Gasteiger charge is -2.33. The normalized spacial score (nSPS) is 25.1. The lowest BCUT2D eigenvalue weighted by molar-refractivity contribution is -0.158.